The van der Waals surface area contributed by atoms with Gasteiger partial charge in [0.1, 0.15) is 6.10 Å². The maximum atomic E-state index is 10.2. The average Bonchev–Trinajstić information content (AvgIpc) is 1.85. The van der Waals surface area contributed by atoms with E-state index in [-0.39, 0.29) is 11.9 Å². The third-order valence-electron chi connectivity index (χ3n) is 1.38. The van der Waals surface area contributed by atoms with Crippen LogP contribution >= 0.6 is 0 Å². The number of carbonyl (C=O) groups is 1. The van der Waals surface area contributed by atoms with Crippen molar-refractivity contribution in [1.29, 1.82) is 0 Å². The summed E-state index contributed by atoms with van der Waals surface area (Å²) < 4.78 is 5.10. The van der Waals surface area contributed by atoms with E-state index in [4.69, 9.17) is 9.84 Å². The lowest BCUT2D eigenvalue weighted by Gasteiger charge is -2.20. The third kappa shape index (κ3) is 1.57. The van der Waals surface area contributed by atoms with Crippen molar-refractivity contribution in [3.8, 4) is 0 Å². The van der Waals surface area contributed by atoms with Crippen LogP contribution in [0.3, 0.4) is 0 Å². The molecule has 0 bridgehead atoms. The van der Waals surface area contributed by atoms with Crippen LogP contribution in [0.15, 0.2) is 11.8 Å². The fraction of sp³-hybridized carbons (Fsp3) is 0.571. The molecule has 0 saturated heterocycles. The summed E-state index contributed by atoms with van der Waals surface area (Å²) in [6, 6.07) is 0. The van der Waals surface area contributed by atoms with E-state index in [1.165, 1.54) is 6.08 Å². The maximum absolute atomic E-state index is 10.2. The molecule has 56 valence electrons. The molecule has 1 aliphatic heterocycles. The van der Waals surface area contributed by atoms with Crippen molar-refractivity contribution in [3.05, 3.63) is 11.8 Å². The Hall–Kier alpha value is -0.830. The highest BCUT2D eigenvalue weighted by atomic mass is 16.5. The van der Waals surface area contributed by atoms with Crippen molar-refractivity contribution in [3.63, 3.8) is 0 Å². The topological polar surface area (TPSA) is 46.5 Å². The van der Waals surface area contributed by atoms with Gasteiger partial charge in [-0.05, 0) is 13.0 Å². The number of hydrogen-bond acceptors (Lipinski definition) is 3. The molecule has 0 aromatic heterocycles. The molecule has 0 saturated carbocycles. The van der Waals surface area contributed by atoms with Gasteiger partial charge in [-0.15, -0.1) is 0 Å². The molecule has 3 nitrogen and oxygen atoms in total. The summed E-state index contributed by atoms with van der Waals surface area (Å²) in [5, 5.41) is 9.00. The Kier molecular flexibility index (Phi) is 2.06. The number of ether oxygens (including phenoxy) is 1. The normalized spacial score (nSPS) is 33.1. The molecule has 0 amide bonds. The SMILES string of the molecule is CC1CC(O)=CC(C=O)O1. The molecule has 0 aliphatic carbocycles. The minimum atomic E-state index is -0.552. The van der Waals surface area contributed by atoms with Crippen LogP contribution < -0.4 is 0 Å². The van der Waals surface area contributed by atoms with Gasteiger partial charge in [0.25, 0.3) is 0 Å². The smallest absolute Gasteiger partial charge is 0.152 e. The van der Waals surface area contributed by atoms with Gasteiger partial charge in [0.2, 0.25) is 0 Å². The highest BCUT2D eigenvalue weighted by Crippen LogP contribution is 2.14. The van der Waals surface area contributed by atoms with E-state index in [0.717, 1.165) is 0 Å². The van der Waals surface area contributed by atoms with Gasteiger partial charge >= 0.3 is 0 Å². The van der Waals surface area contributed by atoms with Gasteiger partial charge < -0.3 is 14.6 Å². The summed E-state index contributed by atoms with van der Waals surface area (Å²) >= 11 is 0. The second-order valence-corrected chi connectivity index (χ2v) is 2.41. The van der Waals surface area contributed by atoms with E-state index in [1.807, 2.05) is 6.92 Å². The first-order valence-corrected chi connectivity index (χ1v) is 3.23. The van der Waals surface area contributed by atoms with E-state index in [1.54, 1.807) is 0 Å². The Labute approximate surface area is 59.3 Å². The van der Waals surface area contributed by atoms with Crippen LogP contribution in [0.1, 0.15) is 13.3 Å². The molecule has 2 atom stereocenters. The van der Waals surface area contributed by atoms with Crippen molar-refractivity contribution < 1.29 is 14.6 Å². The second-order valence-electron chi connectivity index (χ2n) is 2.41. The van der Waals surface area contributed by atoms with Crippen molar-refractivity contribution in [2.45, 2.75) is 25.6 Å². The van der Waals surface area contributed by atoms with E-state index in [0.29, 0.717) is 12.7 Å². The second kappa shape index (κ2) is 2.84. The van der Waals surface area contributed by atoms with Gasteiger partial charge in [-0.1, -0.05) is 0 Å². The zero-order valence-electron chi connectivity index (χ0n) is 5.78. The standard InChI is InChI=1S/C7H10O3/c1-5-2-6(9)3-7(4-8)10-5/h3-5,7,9H,2H2,1H3. The monoisotopic (exact) mass is 142 g/mol. The largest absolute Gasteiger partial charge is 0.512 e. The molecule has 1 N–H and O–H groups in total. The average molecular weight is 142 g/mol. The minimum Gasteiger partial charge on any atom is -0.512 e. The number of rotatable bonds is 1. The molecule has 1 heterocycles. The van der Waals surface area contributed by atoms with Gasteiger partial charge in [0, 0.05) is 6.42 Å². The maximum Gasteiger partial charge on any atom is 0.152 e. The van der Waals surface area contributed by atoms with Gasteiger partial charge in [0.15, 0.2) is 6.29 Å². The fourth-order valence-corrected chi connectivity index (χ4v) is 0.979. The van der Waals surface area contributed by atoms with Crippen molar-refractivity contribution >= 4 is 6.29 Å². The van der Waals surface area contributed by atoms with E-state index in [2.05, 4.69) is 0 Å². The summed E-state index contributed by atoms with van der Waals surface area (Å²) in [4.78, 5) is 10.2. The Morgan fingerprint density at radius 3 is 3.10 bits per heavy atom. The van der Waals surface area contributed by atoms with Crippen molar-refractivity contribution in [1.82, 2.24) is 0 Å². The molecule has 0 spiro atoms. The first-order chi connectivity index (χ1) is 4.72. The number of hydrogen-bond donors (Lipinski definition) is 1. The van der Waals surface area contributed by atoms with E-state index in [9.17, 15) is 4.79 Å². The zero-order valence-corrected chi connectivity index (χ0v) is 5.78. The van der Waals surface area contributed by atoms with Crippen LogP contribution in [0.25, 0.3) is 0 Å². The Morgan fingerprint density at radius 1 is 1.90 bits per heavy atom. The molecule has 10 heavy (non-hydrogen) atoms. The lowest BCUT2D eigenvalue weighted by Crippen LogP contribution is -2.24. The summed E-state index contributed by atoms with van der Waals surface area (Å²) in [5.74, 6) is 0.246. The van der Waals surface area contributed by atoms with E-state index < -0.39 is 6.10 Å². The Balaban J connectivity index is 2.63. The molecule has 1 aliphatic rings. The molecular weight excluding hydrogens is 132 g/mol. The number of aliphatic hydroxyl groups excluding tert-OH is 1. The van der Waals surface area contributed by atoms with Crippen LogP contribution in [0.2, 0.25) is 0 Å². The number of aliphatic hydroxyl groups is 1. The summed E-state index contributed by atoms with van der Waals surface area (Å²) in [6.45, 7) is 1.82. The predicted octanol–water partition coefficient (Wildman–Crippen LogP) is 0.805. The van der Waals surface area contributed by atoms with Crippen LogP contribution in [0, 0.1) is 0 Å². The molecule has 0 radical (unpaired) electrons. The van der Waals surface area contributed by atoms with Gasteiger partial charge in [-0.2, -0.15) is 0 Å². The summed E-state index contributed by atoms with van der Waals surface area (Å²) in [6.07, 6.45) is 1.99. The summed E-state index contributed by atoms with van der Waals surface area (Å²) in [5.41, 5.74) is 0. The number of carbonyl (C=O) groups excluding carboxylic acids is 1. The van der Waals surface area contributed by atoms with Crippen LogP contribution in [-0.2, 0) is 9.53 Å². The van der Waals surface area contributed by atoms with Gasteiger partial charge in [-0.25, -0.2) is 0 Å². The lowest BCUT2D eigenvalue weighted by molar-refractivity contribution is -0.119. The predicted molar refractivity (Wildman–Crippen MR) is 35.7 cm³/mol. The summed E-state index contributed by atoms with van der Waals surface area (Å²) in [7, 11) is 0. The molecular formula is C7H10O3. The van der Waals surface area contributed by atoms with Crippen molar-refractivity contribution in [2.24, 2.45) is 0 Å². The zero-order chi connectivity index (χ0) is 7.56. The molecule has 1 rings (SSSR count). The highest BCUT2D eigenvalue weighted by Gasteiger charge is 2.17. The van der Waals surface area contributed by atoms with E-state index >= 15 is 0 Å². The molecule has 0 fully saturated rings. The van der Waals surface area contributed by atoms with Crippen LogP contribution in [-0.4, -0.2) is 23.6 Å². The molecule has 2 unspecified atom stereocenters. The molecule has 3 heteroatoms. The third-order valence-corrected chi connectivity index (χ3v) is 1.38. The number of aldehydes is 1. The molecule has 0 aromatic carbocycles. The lowest BCUT2D eigenvalue weighted by atomic mass is 10.1. The minimum absolute atomic E-state index is 0.0554. The quantitative estimate of drug-likeness (QED) is 0.551. The molecule has 0 aromatic rings. The van der Waals surface area contributed by atoms with Crippen LogP contribution in [0.4, 0.5) is 0 Å². The van der Waals surface area contributed by atoms with Gasteiger partial charge in [0.05, 0.1) is 11.9 Å². The fourth-order valence-electron chi connectivity index (χ4n) is 0.979. The highest BCUT2D eigenvalue weighted by molar-refractivity contribution is 5.59. The Morgan fingerprint density at radius 2 is 2.60 bits per heavy atom. The first-order valence-electron chi connectivity index (χ1n) is 3.23. The Bertz CT molecular complexity index is 162. The van der Waals surface area contributed by atoms with Gasteiger partial charge in [-0.3, -0.25) is 0 Å². The van der Waals surface area contributed by atoms with Crippen molar-refractivity contribution in [2.75, 3.05) is 0 Å². The first kappa shape index (κ1) is 7.28. The van der Waals surface area contributed by atoms with Crippen LogP contribution in [0.5, 0.6) is 0 Å².